The molecule has 0 aliphatic heterocycles. The maximum absolute atomic E-state index is 12.1. The van der Waals surface area contributed by atoms with Crippen LogP contribution in [0.25, 0.3) is 0 Å². The molecular formula is C15H15NOS. The van der Waals surface area contributed by atoms with Gasteiger partial charge in [0.25, 0.3) is 0 Å². The fraction of sp³-hybridized carbons (Fsp3) is 0.200. The molecule has 0 saturated carbocycles. The first-order chi connectivity index (χ1) is 8.66. The first kappa shape index (κ1) is 12.8. The molecule has 2 rings (SSSR count). The van der Waals surface area contributed by atoms with Gasteiger partial charge in [-0.2, -0.15) is 0 Å². The standard InChI is InChI=1S/C15H15NOS/c1-11-7-8-15(16-9-11)18-10-14(17)13-6-4-3-5-12(13)2/h3-9H,10H2,1-2H3. The Labute approximate surface area is 111 Å². The second-order valence-corrected chi connectivity index (χ2v) is 5.20. The minimum Gasteiger partial charge on any atom is -0.293 e. The zero-order valence-corrected chi connectivity index (χ0v) is 11.3. The van der Waals surface area contributed by atoms with Gasteiger partial charge in [-0.25, -0.2) is 4.98 Å². The average Bonchev–Trinajstić information content (AvgIpc) is 2.38. The molecule has 2 aromatic rings. The van der Waals surface area contributed by atoms with E-state index < -0.39 is 0 Å². The highest BCUT2D eigenvalue weighted by Gasteiger charge is 2.09. The SMILES string of the molecule is Cc1ccc(SCC(=O)c2ccccc2C)nc1. The van der Waals surface area contributed by atoms with Crippen LogP contribution < -0.4 is 0 Å². The Balaban J connectivity index is 2.01. The van der Waals surface area contributed by atoms with Crippen LogP contribution in [0.4, 0.5) is 0 Å². The summed E-state index contributed by atoms with van der Waals surface area (Å²) in [7, 11) is 0. The lowest BCUT2D eigenvalue weighted by Gasteiger charge is -2.04. The van der Waals surface area contributed by atoms with Gasteiger partial charge >= 0.3 is 0 Å². The number of pyridine rings is 1. The molecule has 0 N–H and O–H groups in total. The van der Waals surface area contributed by atoms with Gasteiger partial charge in [0.2, 0.25) is 0 Å². The molecule has 0 bridgehead atoms. The number of hydrogen-bond donors (Lipinski definition) is 0. The predicted molar refractivity (Wildman–Crippen MR) is 75.2 cm³/mol. The summed E-state index contributed by atoms with van der Waals surface area (Å²) in [5.74, 6) is 0.585. The van der Waals surface area contributed by atoms with Gasteiger partial charge < -0.3 is 0 Å². The fourth-order valence-corrected chi connectivity index (χ4v) is 2.37. The van der Waals surface area contributed by atoms with Gasteiger partial charge in [-0.15, -0.1) is 0 Å². The Morgan fingerprint density at radius 2 is 1.94 bits per heavy atom. The number of rotatable bonds is 4. The van der Waals surface area contributed by atoms with Crippen LogP contribution in [-0.2, 0) is 0 Å². The Morgan fingerprint density at radius 3 is 2.61 bits per heavy atom. The van der Waals surface area contributed by atoms with E-state index in [-0.39, 0.29) is 5.78 Å². The third-order valence-electron chi connectivity index (χ3n) is 2.68. The smallest absolute Gasteiger partial charge is 0.173 e. The molecule has 0 spiro atoms. The van der Waals surface area contributed by atoms with Crippen LogP contribution in [-0.4, -0.2) is 16.5 Å². The molecule has 0 aliphatic carbocycles. The van der Waals surface area contributed by atoms with Crippen LogP contribution in [0, 0.1) is 13.8 Å². The Bertz CT molecular complexity index is 549. The minimum atomic E-state index is 0.153. The van der Waals surface area contributed by atoms with Crippen molar-refractivity contribution in [2.75, 3.05) is 5.75 Å². The highest BCUT2D eigenvalue weighted by atomic mass is 32.2. The topological polar surface area (TPSA) is 30.0 Å². The van der Waals surface area contributed by atoms with Crippen LogP contribution in [0.2, 0.25) is 0 Å². The summed E-state index contributed by atoms with van der Waals surface area (Å²) in [6.45, 7) is 3.96. The molecular weight excluding hydrogens is 242 g/mol. The molecule has 2 nitrogen and oxygen atoms in total. The number of Topliss-reactive ketones (excluding diaryl/α,β-unsaturated/α-hetero) is 1. The summed E-state index contributed by atoms with van der Waals surface area (Å²) < 4.78 is 0. The van der Waals surface area contributed by atoms with E-state index in [0.717, 1.165) is 21.7 Å². The number of aryl methyl sites for hydroxylation is 2. The first-order valence-corrected chi connectivity index (χ1v) is 6.79. The van der Waals surface area contributed by atoms with Gasteiger partial charge in [-0.1, -0.05) is 42.1 Å². The number of hydrogen-bond acceptors (Lipinski definition) is 3. The van der Waals surface area contributed by atoms with Crippen molar-refractivity contribution in [1.29, 1.82) is 0 Å². The van der Waals surface area contributed by atoms with E-state index in [1.807, 2.05) is 56.4 Å². The molecule has 1 aromatic carbocycles. The summed E-state index contributed by atoms with van der Waals surface area (Å²) in [5.41, 5.74) is 2.96. The molecule has 0 fully saturated rings. The van der Waals surface area contributed by atoms with Crippen LogP contribution >= 0.6 is 11.8 Å². The van der Waals surface area contributed by atoms with Crippen LogP contribution in [0.3, 0.4) is 0 Å². The summed E-state index contributed by atoms with van der Waals surface area (Å²) in [6, 6.07) is 11.6. The molecule has 0 saturated heterocycles. The first-order valence-electron chi connectivity index (χ1n) is 5.81. The van der Waals surface area contributed by atoms with Gasteiger partial charge in [-0.05, 0) is 31.0 Å². The van der Waals surface area contributed by atoms with E-state index in [9.17, 15) is 4.79 Å². The van der Waals surface area contributed by atoms with Crippen LogP contribution in [0.15, 0.2) is 47.6 Å². The summed E-state index contributed by atoms with van der Waals surface area (Å²) >= 11 is 1.48. The second kappa shape index (κ2) is 5.83. The Hall–Kier alpha value is -1.61. The molecule has 0 atom stereocenters. The number of carbonyl (C=O) groups is 1. The van der Waals surface area contributed by atoms with Crippen molar-refractivity contribution in [1.82, 2.24) is 4.98 Å². The highest BCUT2D eigenvalue weighted by molar-refractivity contribution is 7.99. The number of thioether (sulfide) groups is 1. The van der Waals surface area contributed by atoms with Crippen molar-refractivity contribution < 1.29 is 4.79 Å². The fourth-order valence-electron chi connectivity index (χ4n) is 1.64. The van der Waals surface area contributed by atoms with Crippen molar-refractivity contribution in [3.63, 3.8) is 0 Å². The summed E-state index contributed by atoms with van der Waals surface area (Å²) in [4.78, 5) is 16.3. The number of ketones is 1. The molecule has 3 heteroatoms. The van der Waals surface area contributed by atoms with Gasteiger partial charge in [0, 0.05) is 11.8 Å². The number of carbonyl (C=O) groups excluding carboxylic acids is 1. The van der Waals surface area contributed by atoms with E-state index in [4.69, 9.17) is 0 Å². The quantitative estimate of drug-likeness (QED) is 0.618. The van der Waals surface area contributed by atoms with Gasteiger partial charge in [0.1, 0.15) is 0 Å². The van der Waals surface area contributed by atoms with Gasteiger partial charge in [-0.3, -0.25) is 4.79 Å². The number of benzene rings is 1. The molecule has 1 aromatic heterocycles. The van der Waals surface area contributed by atoms with Gasteiger partial charge in [0.05, 0.1) is 10.8 Å². The third-order valence-corrected chi connectivity index (χ3v) is 3.62. The molecule has 0 radical (unpaired) electrons. The number of nitrogens with zero attached hydrogens (tertiary/aromatic N) is 1. The molecule has 92 valence electrons. The molecule has 0 amide bonds. The largest absolute Gasteiger partial charge is 0.293 e. The van der Waals surface area contributed by atoms with Crippen molar-refractivity contribution in [2.24, 2.45) is 0 Å². The van der Waals surface area contributed by atoms with Crippen molar-refractivity contribution in [3.05, 3.63) is 59.3 Å². The zero-order chi connectivity index (χ0) is 13.0. The van der Waals surface area contributed by atoms with Crippen LogP contribution in [0.5, 0.6) is 0 Å². The van der Waals surface area contributed by atoms with E-state index in [0.29, 0.717) is 5.75 Å². The van der Waals surface area contributed by atoms with E-state index in [1.54, 1.807) is 0 Å². The zero-order valence-electron chi connectivity index (χ0n) is 10.5. The maximum atomic E-state index is 12.1. The van der Waals surface area contributed by atoms with Crippen molar-refractivity contribution in [2.45, 2.75) is 18.9 Å². The Kier molecular flexibility index (Phi) is 4.15. The second-order valence-electron chi connectivity index (χ2n) is 4.20. The van der Waals surface area contributed by atoms with Gasteiger partial charge in [0.15, 0.2) is 5.78 Å². The lowest BCUT2D eigenvalue weighted by Crippen LogP contribution is -2.04. The highest BCUT2D eigenvalue weighted by Crippen LogP contribution is 2.18. The summed E-state index contributed by atoms with van der Waals surface area (Å²) in [6.07, 6.45) is 1.82. The molecule has 18 heavy (non-hydrogen) atoms. The third kappa shape index (κ3) is 3.20. The monoisotopic (exact) mass is 257 g/mol. The maximum Gasteiger partial charge on any atom is 0.173 e. The minimum absolute atomic E-state index is 0.153. The lowest BCUT2D eigenvalue weighted by atomic mass is 10.1. The van der Waals surface area contributed by atoms with Crippen molar-refractivity contribution >= 4 is 17.5 Å². The number of aromatic nitrogens is 1. The molecule has 1 heterocycles. The predicted octanol–water partition coefficient (Wildman–Crippen LogP) is 3.67. The average molecular weight is 257 g/mol. The summed E-state index contributed by atoms with van der Waals surface area (Å²) in [5, 5.41) is 0.891. The Morgan fingerprint density at radius 1 is 1.17 bits per heavy atom. The van der Waals surface area contributed by atoms with E-state index >= 15 is 0 Å². The molecule has 0 unspecified atom stereocenters. The van der Waals surface area contributed by atoms with Crippen LogP contribution in [0.1, 0.15) is 21.5 Å². The normalized spacial score (nSPS) is 10.3. The van der Waals surface area contributed by atoms with Crippen molar-refractivity contribution in [3.8, 4) is 0 Å². The lowest BCUT2D eigenvalue weighted by molar-refractivity contribution is 0.102. The molecule has 0 aliphatic rings. The van der Waals surface area contributed by atoms with E-state index in [2.05, 4.69) is 4.98 Å². The van der Waals surface area contributed by atoms with E-state index in [1.165, 1.54) is 11.8 Å².